The molecule has 1 saturated carbocycles. The summed E-state index contributed by atoms with van der Waals surface area (Å²) in [6.45, 7) is 7.38. The van der Waals surface area contributed by atoms with Crippen molar-refractivity contribution in [2.45, 2.75) is 25.3 Å². The highest BCUT2D eigenvalue weighted by molar-refractivity contribution is 6.07. The normalized spacial score (nSPS) is 28.4. The van der Waals surface area contributed by atoms with Crippen molar-refractivity contribution < 1.29 is 9.59 Å². The summed E-state index contributed by atoms with van der Waals surface area (Å²) in [5.74, 6) is 0.136. The van der Waals surface area contributed by atoms with Gasteiger partial charge < -0.3 is 10.2 Å². The van der Waals surface area contributed by atoms with Crippen molar-refractivity contribution in [1.29, 1.82) is 0 Å². The number of urea groups is 1. The zero-order chi connectivity index (χ0) is 17.4. The summed E-state index contributed by atoms with van der Waals surface area (Å²) < 4.78 is 0. The first kappa shape index (κ1) is 16.5. The molecule has 0 radical (unpaired) electrons. The van der Waals surface area contributed by atoms with Crippen LogP contribution in [0.25, 0.3) is 0 Å². The number of imide groups is 1. The van der Waals surface area contributed by atoms with Crippen molar-refractivity contribution in [1.82, 2.24) is 20.0 Å². The van der Waals surface area contributed by atoms with E-state index in [-0.39, 0.29) is 17.9 Å². The third-order valence-corrected chi connectivity index (χ3v) is 5.80. The summed E-state index contributed by atoms with van der Waals surface area (Å²) in [7, 11) is 0. The zero-order valence-electron chi connectivity index (χ0n) is 14.8. The Balaban J connectivity index is 1.53. The Morgan fingerprint density at radius 1 is 1.04 bits per heavy atom. The molecule has 134 valence electrons. The Bertz CT molecular complexity index is 653. The molecule has 0 aromatic heterocycles. The number of hydrogen-bond acceptors (Lipinski definition) is 4. The number of carbonyl (C=O) groups is 2. The molecule has 25 heavy (non-hydrogen) atoms. The van der Waals surface area contributed by atoms with Gasteiger partial charge in [-0.25, -0.2) is 9.69 Å². The van der Waals surface area contributed by atoms with E-state index in [0.29, 0.717) is 6.67 Å². The molecule has 2 heterocycles. The van der Waals surface area contributed by atoms with Crippen LogP contribution >= 0.6 is 0 Å². The average Bonchev–Trinajstić information content (AvgIpc) is 3.47. The van der Waals surface area contributed by atoms with Crippen molar-refractivity contribution in [3.05, 3.63) is 35.9 Å². The quantitative estimate of drug-likeness (QED) is 0.823. The minimum Gasteiger partial charge on any atom is -0.319 e. The molecular weight excluding hydrogens is 316 g/mol. The van der Waals surface area contributed by atoms with Crippen molar-refractivity contribution in [2.75, 3.05) is 39.4 Å². The van der Waals surface area contributed by atoms with E-state index in [9.17, 15) is 9.59 Å². The molecule has 2 saturated heterocycles. The average molecular weight is 342 g/mol. The lowest BCUT2D eigenvalue weighted by Gasteiger charge is -2.35. The number of piperazine rings is 1. The standard InChI is InChI=1S/C19H26N4O2/c1-2-21-10-12-22(13-11-21)14-23-17(24)19(16-8-9-16,20-18(23)25)15-6-4-3-5-7-15/h3-7,16H,2,8-14H2,1H3,(H,20,25). The lowest BCUT2D eigenvalue weighted by Crippen LogP contribution is -2.51. The number of rotatable bonds is 5. The smallest absolute Gasteiger partial charge is 0.319 e. The second kappa shape index (κ2) is 6.42. The number of hydrogen-bond donors (Lipinski definition) is 1. The largest absolute Gasteiger partial charge is 0.326 e. The number of nitrogens with zero attached hydrogens (tertiary/aromatic N) is 3. The summed E-state index contributed by atoms with van der Waals surface area (Å²) in [5, 5.41) is 3.06. The number of carbonyl (C=O) groups excluding carboxylic acids is 2. The molecule has 3 aliphatic rings. The van der Waals surface area contributed by atoms with Crippen molar-refractivity contribution in [3.63, 3.8) is 0 Å². The van der Waals surface area contributed by atoms with E-state index >= 15 is 0 Å². The van der Waals surface area contributed by atoms with Crippen LogP contribution in [0.3, 0.4) is 0 Å². The first-order valence-corrected chi connectivity index (χ1v) is 9.29. The highest BCUT2D eigenvalue weighted by Crippen LogP contribution is 2.48. The summed E-state index contributed by atoms with van der Waals surface area (Å²) in [4.78, 5) is 32.0. The van der Waals surface area contributed by atoms with E-state index in [2.05, 4.69) is 22.0 Å². The molecule has 1 aromatic carbocycles. The molecule has 2 aliphatic heterocycles. The second-order valence-electron chi connectivity index (χ2n) is 7.31. The molecule has 3 fully saturated rings. The van der Waals surface area contributed by atoms with E-state index in [4.69, 9.17) is 0 Å². The lowest BCUT2D eigenvalue weighted by molar-refractivity contribution is -0.134. The van der Waals surface area contributed by atoms with Crippen molar-refractivity contribution >= 4 is 11.9 Å². The molecule has 1 atom stereocenters. The molecular formula is C19H26N4O2. The van der Waals surface area contributed by atoms with Gasteiger partial charge in [-0.15, -0.1) is 0 Å². The highest BCUT2D eigenvalue weighted by atomic mass is 16.2. The van der Waals surface area contributed by atoms with Gasteiger partial charge in [-0.1, -0.05) is 37.3 Å². The van der Waals surface area contributed by atoms with Crippen LogP contribution in [-0.4, -0.2) is 66.0 Å². The fraction of sp³-hybridized carbons (Fsp3) is 0.579. The van der Waals surface area contributed by atoms with Gasteiger partial charge in [0.15, 0.2) is 0 Å². The van der Waals surface area contributed by atoms with Gasteiger partial charge in [-0.3, -0.25) is 9.69 Å². The van der Waals surface area contributed by atoms with Gasteiger partial charge in [-0.2, -0.15) is 0 Å². The summed E-state index contributed by atoms with van der Waals surface area (Å²) >= 11 is 0. The maximum Gasteiger partial charge on any atom is 0.326 e. The maximum absolute atomic E-state index is 13.3. The van der Waals surface area contributed by atoms with Crippen molar-refractivity contribution in [2.24, 2.45) is 5.92 Å². The van der Waals surface area contributed by atoms with Crippen LogP contribution in [0.5, 0.6) is 0 Å². The van der Waals surface area contributed by atoms with E-state index in [0.717, 1.165) is 51.1 Å². The summed E-state index contributed by atoms with van der Waals surface area (Å²) in [5.41, 5.74) is 0.0537. The second-order valence-corrected chi connectivity index (χ2v) is 7.31. The third-order valence-electron chi connectivity index (χ3n) is 5.80. The monoisotopic (exact) mass is 342 g/mol. The minimum absolute atomic E-state index is 0.0795. The molecule has 1 aliphatic carbocycles. The van der Waals surface area contributed by atoms with E-state index in [1.807, 2.05) is 30.3 Å². The number of nitrogens with one attached hydrogen (secondary N) is 1. The number of benzene rings is 1. The fourth-order valence-corrected chi connectivity index (χ4v) is 4.10. The lowest BCUT2D eigenvalue weighted by atomic mass is 9.85. The van der Waals surface area contributed by atoms with Gasteiger partial charge in [0.1, 0.15) is 5.54 Å². The summed E-state index contributed by atoms with van der Waals surface area (Å²) in [6.07, 6.45) is 1.98. The highest BCUT2D eigenvalue weighted by Gasteiger charge is 2.60. The first-order valence-electron chi connectivity index (χ1n) is 9.29. The minimum atomic E-state index is -0.858. The van der Waals surface area contributed by atoms with Gasteiger partial charge in [0.05, 0.1) is 6.67 Å². The Kier molecular flexibility index (Phi) is 4.25. The van der Waals surface area contributed by atoms with Crippen molar-refractivity contribution in [3.8, 4) is 0 Å². The van der Waals surface area contributed by atoms with Crippen LogP contribution < -0.4 is 5.32 Å². The summed E-state index contributed by atoms with van der Waals surface area (Å²) in [6, 6.07) is 9.48. The Hall–Kier alpha value is -1.92. The first-order chi connectivity index (χ1) is 12.1. The maximum atomic E-state index is 13.3. The molecule has 1 unspecified atom stereocenters. The van der Waals surface area contributed by atoms with Crippen LogP contribution in [-0.2, 0) is 10.3 Å². The van der Waals surface area contributed by atoms with Crippen LogP contribution in [0.4, 0.5) is 4.79 Å². The van der Waals surface area contributed by atoms with Gasteiger partial charge in [0.25, 0.3) is 5.91 Å². The Morgan fingerprint density at radius 3 is 2.28 bits per heavy atom. The predicted octanol–water partition coefficient (Wildman–Crippen LogP) is 1.44. The Morgan fingerprint density at radius 2 is 1.68 bits per heavy atom. The fourth-order valence-electron chi connectivity index (χ4n) is 4.10. The van der Waals surface area contributed by atoms with Gasteiger partial charge in [-0.05, 0) is 30.9 Å². The van der Waals surface area contributed by atoms with E-state index in [1.54, 1.807) is 0 Å². The molecule has 0 spiro atoms. The van der Waals surface area contributed by atoms with Crippen LogP contribution in [0.1, 0.15) is 25.3 Å². The van der Waals surface area contributed by atoms with Gasteiger partial charge in [0, 0.05) is 26.2 Å². The third kappa shape index (κ3) is 2.83. The molecule has 6 heteroatoms. The topological polar surface area (TPSA) is 55.9 Å². The van der Waals surface area contributed by atoms with Crippen LogP contribution in [0.2, 0.25) is 0 Å². The molecule has 1 N–H and O–H groups in total. The molecule has 6 nitrogen and oxygen atoms in total. The van der Waals surface area contributed by atoms with Crippen LogP contribution in [0.15, 0.2) is 30.3 Å². The Labute approximate surface area is 148 Å². The predicted molar refractivity (Wildman–Crippen MR) is 94.8 cm³/mol. The van der Waals surface area contributed by atoms with E-state index in [1.165, 1.54) is 4.90 Å². The van der Waals surface area contributed by atoms with Gasteiger partial charge >= 0.3 is 6.03 Å². The number of amides is 3. The SMILES string of the molecule is CCN1CCN(CN2C(=O)NC(c3ccccc3)(C3CC3)C2=O)CC1. The number of likely N-dealkylation sites (N-methyl/N-ethyl adjacent to an activating group) is 1. The molecule has 0 bridgehead atoms. The zero-order valence-corrected chi connectivity index (χ0v) is 14.8. The molecule has 4 rings (SSSR count). The van der Waals surface area contributed by atoms with E-state index < -0.39 is 5.54 Å². The molecule has 3 amide bonds. The van der Waals surface area contributed by atoms with Gasteiger partial charge in [0.2, 0.25) is 0 Å². The van der Waals surface area contributed by atoms with Crippen LogP contribution in [0, 0.1) is 5.92 Å². The molecule has 1 aromatic rings.